The maximum absolute atomic E-state index is 13.2. The first-order valence-electron chi connectivity index (χ1n) is 9.01. The largest absolute Gasteiger partial charge is 0.220 e. The molecule has 1 nitrogen and oxygen atoms in total. The fourth-order valence-corrected chi connectivity index (χ4v) is 2.87. The number of benzene rings is 1. The minimum Gasteiger partial charge on any atom is -0.220 e. The van der Waals surface area contributed by atoms with Gasteiger partial charge >= 0.3 is 0 Å². The molecule has 0 bridgehead atoms. The Kier molecular flexibility index (Phi) is 7.79. The maximum Gasteiger partial charge on any atom is 0.213 e. The van der Waals surface area contributed by atoms with Crippen molar-refractivity contribution in [1.82, 2.24) is 4.98 Å². The summed E-state index contributed by atoms with van der Waals surface area (Å²) in [6.07, 6.45) is 11.9. The van der Waals surface area contributed by atoms with Crippen molar-refractivity contribution >= 4 is 0 Å². The van der Waals surface area contributed by atoms with Crippen LogP contribution in [0.1, 0.15) is 63.9 Å². The van der Waals surface area contributed by atoms with Crippen molar-refractivity contribution in [2.24, 2.45) is 0 Å². The summed E-state index contributed by atoms with van der Waals surface area (Å²) in [5.74, 6) is -0.425. The molecular formula is C21H28FN. The molecule has 2 rings (SSSR count). The van der Waals surface area contributed by atoms with E-state index in [4.69, 9.17) is 0 Å². The van der Waals surface area contributed by atoms with E-state index in [1.54, 1.807) is 6.07 Å². The summed E-state index contributed by atoms with van der Waals surface area (Å²) in [6.45, 7) is 2.26. The second-order valence-electron chi connectivity index (χ2n) is 6.27. The van der Waals surface area contributed by atoms with Gasteiger partial charge in [-0.2, -0.15) is 4.39 Å². The van der Waals surface area contributed by atoms with Gasteiger partial charge in [-0.3, -0.25) is 0 Å². The molecule has 23 heavy (non-hydrogen) atoms. The standard InChI is InChI=1S/C21H28FN/c1-2-3-4-5-6-7-8-9-11-18-14-16-19(17-15-18)20-12-10-13-21(22)23-20/h10,12-17H,2-9,11H2,1H3. The molecule has 2 heteroatoms. The van der Waals surface area contributed by atoms with Crippen molar-refractivity contribution < 1.29 is 4.39 Å². The Bertz CT molecular complexity index is 562. The number of pyridine rings is 1. The van der Waals surface area contributed by atoms with E-state index in [1.165, 1.54) is 63.0 Å². The molecule has 0 saturated heterocycles. The van der Waals surface area contributed by atoms with E-state index < -0.39 is 5.95 Å². The van der Waals surface area contributed by atoms with E-state index in [0.29, 0.717) is 5.69 Å². The molecule has 1 aromatic carbocycles. The molecule has 0 saturated carbocycles. The van der Waals surface area contributed by atoms with Crippen LogP contribution in [0.2, 0.25) is 0 Å². The van der Waals surface area contributed by atoms with Crippen molar-refractivity contribution in [3.05, 3.63) is 54.0 Å². The van der Waals surface area contributed by atoms with Gasteiger partial charge in [-0.25, -0.2) is 4.98 Å². The Balaban J connectivity index is 1.69. The second kappa shape index (κ2) is 10.1. The van der Waals surface area contributed by atoms with E-state index in [0.717, 1.165) is 12.0 Å². The zero-order chi connectivity index (χ0) is 16.3. The average molecular weight is 313 g/mol. The van der Waals surface area contributed by atoms with Crippen LogP contribution in [-0.4, -0.2) is 4.98 Å². The Morgan fingerprint density at radius 1 is 0.783 bits per heavy atom. The van der Waals surface area contributed by atoms with E-state index in [2.05, 4.69) is 24.0 Å². The quantitative estimate of drug-likeness (QED) is 0.357. The summed E-state index contributed by atoms with van der Waals surface area (Å²) in [5.41, 5.74) is 3.03. The number of halogens is 1. The van der Waals surface area contributed by atoms with Gasteiger partial charge in [0.2, 0.25) is 5.95 Å². The molecule has 0 aliphatic rings. The maximum atomic E-state index is 13.2. The smallest absolute Gasteiger partial charge is 0.213 e. The highest BCUT2D eigenvalue weighted by atomic mass is 19.1. The van der Waals surface area contributed by atoms with Crippen molar-refractivity contribution in [2.75, 3.05) is 0 Å². The van der Waals surface area contributed by atoms with E-state index in [-0.39, 0.29) is 0 Å². The lowest BCUT2D eigenvalue weighted by molar-refractivity contribution is 0.575. The van der Waals surface area contributed by atoms with Crippen LogP contribution in [0.25, 0.3) is 11.3 Å². The van der Waals surface area contributed by atoms with Crippen LogP contribution in [0, 0.1) is 5.95 Å². The van der Waals surface area contributed by atoms with Crippen LogP contribution in [0.4, 0.5) is 4.39 Å². The van der Waals surface area contributed by atoms with E-state index in [9.17, 15) is 4.39 Å². The average Bonchev–Trinajstić information content (AvgIpc) is 2.58. The number of unbranched alkanes of at least 4 members (excludes halogenated alkanes) is 7. The lowest BCUT2D eigenvalue weighted by Gasteiger charge is -2.05. The Labute approximate surface area is 140 Å². The molecule has 0 amide bonds. The molecule has 124 valence electrons. The predicted octanol–water partition coefficient (Wildman–Crippen LogP) is 6.57. The zero-order valence-corrected chi connectivity index (χ0v) is 14.2. The third-order valence-electron chi connectivity index (χ3n) is 4.28. The lowest BCUT2D eigenvalue weighted by Crippen LogP contribution is -1.89. The number of aromatic nitrogens is 1. The Morgan fingerprint density at radius 3 is 2.09 bits per heavy atom. The van der Waals surface area contributed by atoms with Gasteiger partial charge in [0.25, 0.3) is 0 Å². The fraction of sp³-hybridized carbons (Fsp3) is 0.476. The highest BCUT2D eigenvalue weighted by Gasteiger charge is 2.01. The highest BCUT2D eigenvalue weighted by molar-refractivity contribution is 5.59. The molecule has 1 aromatic heterocycles. The molecular weight excluding hydrogens is 285 g/mol. The third kappa shape index (κ3) is 6.52. The highest BCUT2D eigenvalue weighted by Crippen LogP contribution is 2.19. The van der Waals surface area contributed by atoms with Gasteiger partial charge < -0.3 is 0 Å². The summed E-state index contributed by atoms with van der Waals surface area (Å²) < 4.78 is 13.2. The van der Waals surface area contributed by atoms with Gasteiger partial charge in [0, 0.05) is 5.56 Å². The van der Waals surface area contributed by atoms with Gasteiger partial charge in [-0.15, -0.1) is 0 Å². The van der Waals surface area contributed by atoms with Crippen molar-refractivity contribution in [3.8, 4) is 11.3 Å². The van der Waals surface area contributed by atoms with Crippen LogP contribution in [-0.2, 0) is 6.42 Å². The molecule has 1 heterocycles. The van der Waals surface area contributed by atoms with Crippen LogP contribution in [0.15, 0.2) is 42.5 Å². The summed E-state index contributed by atoms with van der Waals surface area (Å²) >= 11 is 0. The number of hydrogen-bond donors (Lipinski definition) is 0. The first kappa shape index (κ1) is 17.7. The lowest BCUT2D eigenvalue weighted by atomic mass is 10.0. The van der Waals surface area contributed by atoms with Gasteiger partial charge in [0.05, 0.1) is 5.69 Å². The minimum atomic E-state index is -0.425. The van der Waals surface area contributed by atoms with Crippen molar-refractivity contribution in [2.45, 2.75) is 64.7 Å². The van der Waals surface area contributed by atoms with Gasteiger partial charge in [0.1, 0.15) is 0 Å². The molecule has 0 aliphatic heterocycles. The Hall–Kier alpha value is -1.70. The zero-order valence-electron chi connectivity index (χ0n) is 14.2. The first-order chi connectivity index (χ1) is 11.3. The number of rotatable bonds is 10. The number of nitrogens with zero attached hydrogens (tertiary/aromatic N) is 1. The summed E-state index contributed by atoms with van der Waals surface area (Å²) in [7, 11) is 0. The van der Waals surface area contributed by atoms with Gasteiger partial charge in [-0.05, 0) is 30.5 Å². The third-order valence-corrected chi connectivity index (χ3v) is 4.28. The Morgan fingerprint density at radius 2 is 1.43 bits per heavy atom. The van der Waals surface area contributed by atoms with Gasteiger partial charge in [0.15, 0.2) is 0 Å². The van der Waals surface area contributed by atoms with Crippen molar-refractivity contribution in [3.63, 3.8) is 0 Å². The molecule has 0 spiro atoms. The van der Waals surface area contributed by atoms with Crippen LogP contribution < -0.4 is 0 Å². The predicted molar refractivity (Wildman–Crippen MR) is 95.9 cm³/mol. The molecule has 0 aliphatic carbocycles. The molecule has 2 aromatic rings. The molecule has 0 atom stereocenters. The second-order valence-corrected chi connectivity index (χ2v) is 6.27. The molecule has 0 fully saturated rings. The normalized spacial score (nSPS) is 10.9. The first-order valence-corrected chi connectivity index (χ1v) is 9.01. The monoisotopic (exact) mass is 313 g/mol. The minimum absolute atomic E-state index is 0.425. The summed E-state index contributed by atoms with van der Waals surface area (Å²) in [4.78, 5) is 3.92. The van der Waals surface area contributed by atoms with E-state index in [1.807, 2.05) is 18.2 Å². The van der Waals surface area contributed by atoms with E-state index >= 15 is 0 Å². The van der Waals surface area contributed by atoms with Crippen LogP contribution >= 0.6 is 0 Å². The molecule has 0 unspecified atom stereocenters. The topological polar surface area (TPSA) is 12.9 Å². The van der Waals surface area contributed by atoms with Crippen LogP contribution in [0.5, 0.6) is 0 Å². The summed E-state index contributed by atoms with van der Waals surface area (Å²) in [6, 6.07) is 13.3. The number of hydrogen-bond acceptors (Lipinski definition) is 1. The fourth-order valence-electron chi connectivity index (χ4n) is 2.87. The molecule has 0 radical (unpaired) electrons. The van der Waals surface area contributed by atoms with Gasteiger partial charge in [-0.1, -0.05) is 82.2 Å². The van der Waals surface area contributed by atoms with Crippen LogP contribution in [0.3, 0.4) is 0 Å². The van der Waals surface area contributed by atoms with Crippen molar-refractivity contribution in [1.29, 1.82) is 0 Å². The number of aryl methyl sites for hydroxylation is 1. The molecule has 0 N–H and O–H groups in total. The summed E-state index contributed by atoms with van der Waals surface area (Å²) in [5, 5.41) is 0. The SMILES string of the molecule is CCCCCCCCCCc1ccc(-c2cccc(F)n2)cc1.